The van der Waals surface area contributed by atoms with E-state index in [-0.39, 0.29) is 24.0 Å². The Morgan fingerprint density at radius 3 is 2.42 bits per heavy atom. The van der Waals surface area contributed by atoms with Crippen LogP contribution in [0.3, 0.4) is 0 Å². The molecular formula is C20H34IN3O2. The van der Waals surface area contributed by atoms with Crippen LogP contribution < -0.4 is 15.4 Å². The van der Waals surface area contributed by atoms with E-state index in [1.165, 1.54) is 24.8 Å². The summed E-state index contributed by atoms with van der Waals surface area (Å²) in [6.07, 6.45) is 5.93. The van der Waals surface area contributed by atoms with Crippen LogP contribution in [0.1, 0.15) is 38.2 Å². The molecule has 0 unspecified atom stereocenters. The van der Waals surface area contributed by atoms with Crippen molar-refractivity contribution in [3.05, 3.63) is 29.8 Å². The van der Waals surface area contributed by atoms with E-state index in [2.05, 4.69) is 29.7 Å². The van der Waals surface area contributed by atoms with Crippen LogP contribution in [0.15, 0.2) is 29.3 Å². The number of nitrogens with one attached hydrogen (secondary N) is 2. The Bertz CT molecular complexity index is 530. The Kier molecular flexibility index (Phi) is 11.0. The fourth-order valence-corrected chi connectivity index (χ4v) is 3.19. The fraction of sp³-hybridized carbons (Fsp3) is 0.650. The number of benzene rings is 1. The van der Waals surface area contributed by atoms with Crippen molar-refractivity contribution in [1.82, 2.24) is 10.6 Å². The van der Waals surface area contributed by atoms with Crippen LogP contribution in [0.25, 0.3) is 0 Å². The summed E-state index contributed by atoms with van der Waals surface area (Å²) in [6, 6.07) is 8.23. The largest absolute Gasteiger partial charge is 0.497 e. The van der Waals surface area contributed by atoms with E-state index in [1.807, 2.05) is 12.1 Å². The highest BCUT2D eigenvalue weighted by Gasteiger charge is 2.36. The van der Waals surface area contributed by atoms with Gasteiger partial charge in [-0.1, -0.05) is 18.6 Å². The van der Waals surface area contributed by atoms with Gasteiger partial charge in [0.1, 0.15) is 5.75 Å². The minimum absolute atomic E-state index is 0. The van der Waals surface area contributed by atoms with Crippen molar-refractivity contribution >= 4 is 29.9 Å². The maximum Gasteiger partial charge on any atom is 0.191 e. The van der Waals surface area contributed by atoms with Crippen molar-refractivity contribution in [3.63, 3.8) is 0 Å². The lowest BCUT2D eigenvalue weighted by molar-refractivity contribution is 0.0778. The molecule has 0 aliphatic heterocycles. The first-order chi connectivity index (χ1) is 12.2. The van der Waals surface area contributed by atoms with Crippen LogP contribution in [-0.4, -0.2) is 46.4 Å². The van der Waals surface area contributed by atoms with Crippen LogP contribution in [0.5, 0.6) is 5.75 Å². The molecule has 0 atom stereocenters. The second kappa shape index (κ2) is 12.4. The first kappa shape index (κ1) is 23.0. The van der Waals surface area contributed by atoms with Crippen LogP contribution in [0.4, 0.5) is 0 Å². The topological polar surface area (TPSA) is 54.9 Å². The lowest BCUT2D eigenvalue weighted by Crippen LogP contribution is -2.41. The molecule has 5 nitrogen and oxygen atoms in total. The molecule has 2 N–H and O–H groups in total. The van der Waals surface area contributed by atoms with Gasteiger partial charge in [-0.2, -0.15) is 0 Å². The molecule has 1 aliphatic carbocycles. The average molecular weight is 475 g/mol. The van der Waals surface area contributed by atoms with E-state index in [0.29, 0.717) is 5.41 Å². The van der Waals surface area contributed by atoms with Gasteiger partial charge in [0.05, 0.1) is 7.11 Å². The number of nitrogens with zero attached hydrogens (tertiary/aromatic N) is 1. The van der Waals surface area contributed by atoms with Crippen molar-refractivity contribution in [2.75, 3.05) is 40.5 Å². The zero-order valence-corrected chi connectivity index (χ0v) is 18.7. The summed E-state index contributed by atoms with van der Waals surface area (Å²) in [6.45, 7) is 5.55. The summed E-state index contributed by atoms with van der Waals surface area (Å²) >= 11 is 0. The second-order valence-electron chi connectivity index (χ2n) is 6.82. The number of methoxy groups -OCH3 is 2. The van der Waals surface area contributed by atoms with Gasteiger partial charge in [-0.05, 0) is 55.7 Å². The predicted octanol–water partition coefficient (Wildman–Crippen LogP) is 3.62. The molecule has 148 valence electrons. The van der Waals surface area contributed by atoms with Crippen molar-refractivity contribution in [2.45, 2.75) is 39.0 Å². The summed E-state index contributed by atoms with van der Waals surface area (Å²) in [5.41, 5.74) is 1.65. The number of guanidine groups is 1. The molecule has 26 heavy (non-hydrogen) atoms. The van der Waals surface area contributed by atoms with E-state index >= 15 is 0 Å². The van der Waals surface area contributed by atoms with Gasteiger partial charge in [0.2, 0.25) is 0 Å². The smallest absolute Gasteiger partial charge is 0.191 e. The predicted molar refractivity (Wildman–Crippen MR) is 119 cm³/mol. The Hall–Kier alpha value is -1.02. The molecule has 0 radical (unpaired) electrons. The van der Waals surface area contributed by atoms with Crippen LogP contribution >= 0.6 is 24.0 Å². The first-order valence-corrected chi connectivity index (χ1v) is 9.35. The van der Waals surface area contributed by atoms with E-state index in [0.717, 1.165) is 50.8 Å². The van der Waals surface area contributed by atoms with Crippen molar-refractivity contribution in [1.29, 1.82) is 0 Å². The van der Waals surface area contributed by atoms with E-state index in [4.69, 9.17) is 14.5 Å². The zero-order valence-electron chi connectivity index (χ0n) is 16.3. The summed E-state index contributed by atoms with van der Waals surface area (Å²) in [5.74, 6) is 1.81. The Morgan fingerprint density at radius 2 is 1.88 bits per heavy atom. The number of ether oxygens (including phenoxy) is 2. The van der Waals surface area contributed by atoms with Gasteiger partial charge < -0.3 is 20.1 Å². The molecule has 2 rings (SSSR count). The minimum atomic E-state index is 0. The number of aliphatic imine (C=N–C) groups is 1. The summed E-state index contributed by atoms with van der Waals surface area (Å²) < 4.78 is 10.5. The molecule has 1 aliphatic rings. The maximum absolute atomic E-state index is 5.27. The van der Waals surface area contributed by atoms with Gasteiger partial charge in [0, 0.05) is 33.4 Å². The van der Waals surface area contributed by atoms with Gasteiger partial charge in [-0.3, -0.25) is 4.99 Å². The summed E-state index contributed by atoms with van der Waals surface area (Å²) in [7, 11) is 3.47. The maximum atomic E-state index is 5.27. The molecule has 1 aromatic carbocycles. The van der Waals surface area contributed by atoms with Gasteiger partial charge in [0.25, 0.3) is 0 Å². The molecule has 0 aromatic heterocycles. The molecule has 1 fully saturated rings. The third-order valence-corrected chi connectivity index (χ3v) is 5.03. The highest BCUT2D eigenvalue weighted by atomic mass is 127. The van der Waals surface area contributed by atoms with Crippen LogP contribution in [-0.2, 0) is 11.2 Å². The third kappa shape index (κ3) is 7.31. The molecule has 0 amide bonds. The van der Waals surface area contributed by atoms with Gasteiger partial charge in [-0.15, -0.1) is 24.0 Å². The number of hydrogen-bond acceptors (Lipinski definition) is 3. The average Bonchev–Trinajstić information content (AvgIpc) is 2.61. The Balaban J connectivity index is 0.00000338. The van der Waals surface area contributed by atoms with Gasteiger partial charge in [0.15, 0.2) is 5.96 Å². The fourth-order valence-electron chi connectivity index (χ4n) is 3.19. The van der Waals surface area contributed by atoms with E-state index in [9.17, 15) is 0 Å². The van der Waals surface area contributed by atoms with Crippen LogP contribution in [0.2, 0.25) is 0 Å². The van der Waals surface area contributed by atoms with Gasteiger partial charge >= 0.3 is 0 Å². The molecule has 0 saturated heterocycles. The summed E-state index contributed by atoms with van der Waals surface area (Å²) in [4.78, 5) is 4.84. The SMILES string of the molecule is CCNC(=NCC1(CCOC)CCC1)NCCc1ccc(OC)cc1.I. The molecule has 0 bridgehead atoms. The second-order valence-corrected chi connectivity index (χ2v) is 6.82. The summed E-state index contributed by atoms with van der Waals surface area (Å²) in [5, 5.41) is 6.80. The lowest BCUT2D eigenvalue weighted by atomic mass is 9.67. The Morgan fingerprint density at radius 1 is 1.15 bits per heavy atom. The molecule has 0 spiro atoms. The quantitative estimate of drug-likeness (QED) is 0.309. The normalized spacial score (nSPS) is 15.6. The highest BCUT2D eigenvalue weighted by Crippen LogP contribution is 2.44. The third-order valence-electron chi connectivity index (χ3n) is 5.03. The van der Waals surface area contributed by atoms with Crippen LogP contribution in [0, 0.1) is 5.41 Å². The monoisotopic (exact) mass is 475 g/mol. The lowest BCUT2D eigenvalue weighted by Gasteiger charge is -2.40. The van der Waals surface area contributed by atoms with Gasteiger partial charge in [-0.25, -0.2) is 0 Å². The van der Waals surface area contributed by atoms with Crippen molar-refractivity contribution in [2.24, 2.45) is 10.4 Å². The zero-order chi connectivity index (χ0) is 18.0. The van der Waals surface area contributed by atoms with Crippen molar-refractivity contribution < 1.29 is 9.47 Å². The number of hydrogen-bond donors (Lipinski definition) is 2. The van der Waals surface area contributed by atoms with E-state index in [1.54, 1.807) is 14.2 Å². The number of rotatable bonds is 10. The highest BCUT2D eigenvalue weighted by molar-refractivity contribution is 14.0. The van der Waals surface area contributed by atoms with E-state index < -0.39 is 0 Å². The van der Waals surface area contributed by atoms with Crippen molar-refractivity contribution in [3.8, 4) is 5.75 Å². The molecule has 1 saturated carbocycles. The molecule has 0 heterocycles. The molecular weight excluding hydrogens is 441 g/mol. The molecule has 6 heteroatoms. The number of halogens is 1. The molecule has 1 aromatic rings. The standard InChI is InChI=1S/C20H33N3O2.HI/c1-4-21-19(23-16-20(11-5-12-20)13-15-24-2)22-14-10-17-6-8-18(25-3)9-7-17;/h6-9H,4-5,10-16H2,1-3H3,(H2,21,22,23);1H. The Labute approximate surface area is 175 Å². The minimum Gasteiger partial charge on any atom is -0.497 e. The first-order valence-electron chi connectivity index (χ1n) is 9.35.